The van der Waals surface area contributed by atoms with Crippen molar-refractivity contribution in [2.24, 2.45) is 0 Å². The Morgan fingerprint density at radius 3 is 2.83 bits per heavy atom. The number of fused-ring (bicyclic) bond motifs is 3. The number of methoxy groups -OCH3 is 1. The van der Waals surface area contributed by atoms with Gasteiger partial charge in [-0.1, -0.05) is 0 Å². The Balaban J connectivity index is 1.46. The first-order valence-corrected chi connectivity index (χ1v) is 10.0. The molecule has 2 aromatic carbocycles. The summed E-state index contributed by atoms with van der Waals surface area (Å²) in [6.45, 7) is 1.80. The molecule has 2 N–H and O–H groups in total. The Hall–Kier alpha value is -3.68. The maximum absolute atomic E-state index is 13.0. The topological polar surface area (TPSA) is 97.7 Å². The number of H-pyrrole nitrogens is 1. The highest BCUT2D eigenvalue weighted by molar-refractivity contribution is 6.06. The number of carbonyl (C=O) groups excluding carboxylic acids is 1. The molecule has 0 saturated carbocycles. The monoisotopic (exact) mass is 402 g/mol. The maximum atomic E-state index is 13.0. The normalized spacial score (nSPS) is 13.3. The number of amides is 1. The zero-order valence-corrected chi connectivity index (χ0v) is 16.9. The summed E-state index contributed by atoms with van der Waals surface area (Å²) in [5, 5.41) is 15.7. The quantitative estimate of drug-likeness (QED) is 0.544. The molecule has 0 fully saturated rings. The molecule has 0 radical (unpaired) electrons. The van der Waals surface area contributed by atoms with E-state index < -0.39 is 0 Å². The van der Waals surface area contributed by atoms with Crippen LogP contribution in [-0.2, 0) is 12.8 Å². The van der Waals surface area contributed by atoms with Gasteiger partial charge in [0.25, 0.3) is 5.91 Å². The Morgan fingerprint density at radius 2 is 2.03 bits per heavy atom. The molecule has 5 rings (SSSR count). The van der Waals surface area contributed by atoms with Crippen LogP contribution in [0.25, 0.3) is 16.6 Å². The molecule has 4 aromatic rings. The fraction of sp³-hybridized carbons (Fsp3) is 0.273. The van der Waals surface area contributed by atoms with Crippen LogP contribution in [0.1, 0.15) is 40.3 Å². The van der Waals surface area contributed by atoms with Crippen LogP contribution in [0.5, 0.6) is 5.75 Å². The van der Waals surface area contributed by atoms with Gasteiger partial charge in [-0.3, -0.25) is 4.79 Å². The van der Waals surface area contributed by atoms with E-state index in [1.807, 2.05) is 18.2 Å². The lowest BCUT2D eigenvalue weighted by molar-refractivity contribution is 0.102. The van der Waals surface area contributed by atoms with Crippen molar-refractivity contribution >= 4 is 22.5 Å². The summed E-state index contributed by atoms with van der Waals surface area (Å²) in [5.41, 5.74) is 5.69. The molecule has 2 aromatic heterocycles. The number of hydrogen-bond acceptors (Lipinski definition) is 5. The molecule has 0 unspecified atom stereocenters. The molecule has 0 saturated heterocycles. The molecule has 0 aliphatic heterocycles. The van der Waals surface area contributed by atoms with Crippen molar-refractivity contribution in [2.75, 3.05) is 12.4 Å². The van der Waals surface area contributed by atoms with Crippen LogP contribution in [0.3, 0.4) is 0 Å². The highest BCUT2D eigenvalue weighted by atomic mass is 16.5. The minimum Gasteiger partial charge on any atom is -0.494 e. The molecule has 0 spiro atoms. The van der Waals surface area contributed by atoms with Gasteiger partial charge in [-0.15, -0.1) is 5.10 Å². The summed E-state index contributed by atoms with van der Waals surface area (Å²) in [6.07, 6.45) is 4.56. The van der Waals surface area contributed by atoms with Crippen LogP contribution in [0.4, 0.5) is 5.69 Å². The van der Waals surface area contributed by atoms with Crippen molar-refractivity contribution in [2.45, 2.75) is 32.6 Å². The van der Waals surface area contributed by atoms with Gasteiger partial charge in [-0.2, -0.15) is 4.68 Å². The Kier molecular flexibility index (Phi) is 4.46. The third kappa shape index (κ3) is 3.10. The van der Waals surface area contributed by atoms with Gasteiger partial charge in [-0.05, 0) is 85.0 Å². The first-order valence-electron chi connectivity index (χ1n) is 10.0. The van der Waals surface area contributed by atoms with Crippen molar-refractivity contribution in [3.63, 3.8) is 0 Å². The Morgan fingerprint density at radius 1 is 1.17 bits per heavy atom. The number of rotatable bonds is 4. The van der Waals surface area contributed by atoms with Gasteiger partial charge in [0.05, 0.1) is 7.11 Å². The average Bonchev–Trinajstić information content (AvgIpc) is 3.36. The second-order valence-corrected chi connectivity index (χ2v) is 7.53. The summed E-state index contributed by atoms with van der Waals surface area (Å²) < 4.78 is 7.00. The lowest BCUT2D eigenvalue weighted by Gasteiger charge is -2.12. The van der Waals surface area contributed by atoms with E-state index in [9.17, 15) is 4.79 Å². The van der Waals surface area contributed by atoms with Crippen molar-refractivity contribution < 1.29 is 9.53 Å². The number of aromatic amines is 1. The molecule has 8 heteroatoms. The van der Waals surface area contributed by atoms with Crippen LogP contribution >= 0.6 is 0 Å². The van der Waals surface area contributed by atoms with Gasteiger partial charge in [0, 0.05) is 27.8 Å². The molecule has 30 heavy (non-hydrogen) atoms. The van der Waals surface area contributed by atoms with Gasteiger partial charge >= 0.3 is 0 Å². The lowest BCUT2D eigenvalue weighted by atomic mass is 9.95. The van der Waals surface area contributed by atoms with E-state index in [1.165, 1.54) is 24.1 Å². The van der Waals surface area contributed by atoms with E-state index in [2.05, 4.69) is 25.8 Å². The van der Waals surface area contributed by atoms with E-state index in [4.69, 9.17) is 4.74 Å². The number of aryl methyl sites for hydroxylation is 3. The largest absolute Gasteiger partial charge is 0.494 e. The van der Waals surface area contributed by atoms with E-state index in [1.54, 1.807) is 36.9 Å². The molecule has 8 nitrogen and oxygen atoms in total. The maximum Gasteiger partial charge on any atom is 0.255 e. The zero-order chi connectivity index (χ0) is 20.7. The molecular weight excluding hydrogens is 380 g/mol. The number of nitrogens with zero attached hydrogens (tertiary/aromatic N) is 4. The van der Waals surface area contributed by atoms with Crippen molar-refractivity contribution in [1.29, 1.82) is 0 Å². The van der Waals surface area contributed by atoms with Gasteiger partial charge in [0.1, 0.15) is 11.4 Å². The standard InChI is InChI=1S/C22H22N6O2/c1-13-25-26-27-28(13)20-12-15(8-10-21(20)30-2)23-22(29)14-7-9-19-17(11-14)16-5-3-4-6-18(16)24-19/h7-12,24H,3-6H2,1-2H3,(H,23,29). The summed E-state index contributed by atoms with van der Waals surface area (Å²) in [4.78, 5) is 16.5. The molecule has 2 heterocycles. The van der Waals surface area contributed by atoms with Crippen LogP contribution in [-0.4, -0.2) is 38.2 Å². The molecule has 1 amide bonds. The van der Waals surface area contributed by atoms with Crippen molar-refractivity contribution in [3.8, 4) is 11.4 Å². The van der Waals surface area contributed by atoms with E-state index >= 15 is 0 Å². The Labute approximate surface area is 173 Å². The highest BCUT2D eigenvalue weighted by Gasteiger charge is 2.17. The third-order valence-corrected chi connectivity index (χ3v) is 5.65. The van der Waals surface area contributed by atoms with Gasteiger partial charge < -0.3 is 15.0 Å². The van der Waals surface area contributed by atoms with Gasteiger partial charge in [0.15, 0.2) is 5.82 Å². The predicted octanol–water partition coefficient (Wildman–Crippen LogP) is 3.59. The minimum absolute atomic E-state index is 0.160. The number of anilines is 1. The van der Waals surface area contributed by atoms with Gasteiger partial charge in [0.2, 0.25) is 0 Å². The zero-order valence-electron chi connectivity index (χ0n) is 16.9. The number of hydrogen-bond donors (Lipinski definition) is 2. The molecule has 0 atom stereocenters. The summed E-state index contributed by atoms with van der Waals surface area (Å²) in [6, 6.07) is 11.2. The highest BCUT2D eigenvalue weighted by Crippen LogP contribution is 2.30. The number of aromatic nitrogens is 5. The second kappa shape index (κ2) is 7.29. The fourth-order valence-electron chi connectivity index (χ4n) is 4.14. The van der Waals surface area contributed by atoms with Gasteiger partial charge in [-0.25, -0.2) is 0 Å². The SMILES string of the molecule is COc1ccc(NC(=O)c2ccc3[nH]c4c(c3c2)CCCC4)cc1-n1nnnc1C. The van der Waals surface area contributed by atoms with Crippen LogP contribution in [0.2, 0.25) is 0 Å². The van der Waals surface area contributed by atoms with Crippen LogP contribution in [0.15, 0.2) is 36.4 Å². The molecule has 0 bridgehead atoms. The summed E-state index contributed by atoms with van der Waals surface area (Å²) in [5.74, 6) is 1.08. The first kappa shape index (κ1) is 18.4. The average molecular weight is 402 g/mol. The number of nitrogens with one attached hydrogen (secondary N) is 2. The number of carbonyl (C=O) groups is 1. The summed E-state index contributed by atoms with van der Waals surface area (Å²) >= 11 is 0. The minimum atomic E-state index is -0.160. The molecule has 1 aliphatic carbocycles. The molecule has 1 aliphatic rings. The number of tetrazole rings is 1. The molecule has 152 valence electrons. The Bertz CT molecular complexity index is 1260. The smallest absolute Gasteiger partial charge is 0.255 e. The molecular formula is C22H22N6O2. The van der Waals surface area contributed by atoms with Crippen LogP contribution in [0, 0.1) is 6.92 Å². The third-order valence-electron chi connectivity index (χ3n) is 5.65. The fourth-order valence-corrected chi connectivity index (χ4v) is 4.14. The summed E-state index contributed by atoms with van der Waals surface area (Å²) in [7, 11) is 1.59. The van der Waals surface area contributed by atoms with Crippen molar-refractivity contribution in [3.05, 3.63) is 59.0 Å². The van der Waals surface area contributed by atoms with E-state index in [0.29, 0.717) is 28.5 Å². The second-order valence-electron chi connectivity index (χ2n) is 7.53. The van der Waals surface area contributed by atoms with Crippen molar-refractivity contribution in [1.82, 2.24) is 25.2 Å². The number of ether oxygens (including phenoxy) is 1. The number of benzene rings is 2. The van der Waals surface area contributed by atoms with Crippen LogP contribution < -0.4 is 10.1 Å². The predicted molar refractivity (Wildman–Crippen MR) is 113 cm³/mol. The van der Waals surface area contributed by atoms with E-state index in [-0.39, 0.29) is 5.91 Å². The van der Waals surface area contributed by atoms with E-state index in [0.717, 1.165) is 23.7 Å². The first-order chi connectivity index (χ1) is 14.6. The lowest BCUT2D eigenvalue weighted by Crippen LogP contribution is -2.12.